The highest BCUT2D eigenvalue weighted by molar-refractivity contribution is 6.25. The van der Waals surface area contributed by atoms with Crippen molar-refractivity contribution in [2.45, 2.75) is 0 Å². The number of benzene rings is 8. The van der Waals surface area contributed by atoms with Crippen LogP contribution in [0.3, 0.4) is 0 Å². The van der Waals surface area contributed by atoms with Crippen LogP contribution < -0.4 is 0 Å². The molecule has 4 heterocycles. The van der Waals surface area contributed by atoms with Crippen molar-refractivity contribution in [3.63, 3.8) is 0 Å². The van der Waals surface area contributed by atoms with Crippen LogP contribution >= 0.6 is 0 Å². The summed E-state index contributed by atoms with van der Waals surface area (Å²) in [6.07, 6.45) is 2.20. The first-order valence-corrected chi connectivity index (χ1v) is 18.5. The van der Waals surface area contributed by atoms with Crippen LogP contribution in [0.25, 0.3) is 99.1 Å². The molecule has 0 N–H and O–H groups in total. The lowest BCUT2D eigenvalue weighted by atomic mass is 10.1. The number of para-hydroxylation sites is 5. The highest BCUT2D eigenvalue weighted by Gasteiger charge is 2.23. The van der Waals surface area contributed by atoms with E-state index in [1.807, 2.05) is 0 Å². The van der Waals surface area contributed by atoms with Gasteiger partial charge in [0.1, 0.15) is 0 Å². The van der Waals surface area contributed by atoms with E-state index in [1.165, 1.54) is 76.3 Å². The molecule has 0 saturated carbocycles. The lowest BCUT2D eigenvalue weighted by molar-refractivity contribution is 1.13. The third-order valence-corrected chi connectivity index (χ3v) is 11.3. The SMILES string of the molecule is c1ccc(-n2ccc3cc4c(cc32)c2ccc3c5ccccc5n(-c5ccccc5)c3c2n4-c2ccc3c(c2)c2ccccc2n3-c2ccccc2)cc1. The Labute approximate surface area is 310 Å². The molecule has 0 saturated heterocycles. The molecule has 4 aromatic heterocycles. The minimum absolute atomic E-state index is 1.14. The van der Waals surface area contributed by atoms with Crippen LogP contribution in [-0.2, 0) is 0 Å². The molecule has 0 bridgehead atoms. The molecule has 12 aromatic rings. The lowest BCUT2D eigenvalue weighted by Gasteiger charge is -2.13. The van der Waals surface area contributed by atoms with Crippen molar-refractivity contribution in [3.05, 3.63) is 194 Å². The van der Waals surface area contributed by atoms with E-state index >= 15 is 0 Å². The molecule has 0 aliphatic rings. The van der Waals surface area contributed by atoms with Gasteiger partial charge in [-0.25, -0.2) is 0 Å². The summed E-state index contributed by atoms with van der Waals surface area (Å²) in [6.45, 7) is 0. The summed E-state index contributed by atoms with van der Waals surface area (Å²) in [5.41, 5.74) is 13.0. The van der Waals surface area contributed by atoms with Gasteiger partial charge in [-0.3, -0.25) is 0 Å². The fourth-order valence-corrected chi connectivity index (χ4v) is 9.06. The van der Waals surface area contributed by atoms with Gasteiger partial charge in [-0.15, -0.1) is 0 Å². The van der Waals surface area contributed by atoms with E-state index in [4.69, 9.17) is 0 Å². The van der Waals surface area contributed by atoms with E-state index in [0.29, 0.717) is 0 Å². The zero-order valence-corrected chi connectivity index (χ0v) is 29.3. The Balaban J connectivity index is 1.26. The van der Waals surface area contributed by atoms with Crippen molar-refractivity contribution >= 4 is 76.3 Å². The normalized spacial score (nSPS) is 12.1. The Morgan fingerprint density at radius 2 is 0.759 bits per heavy atom. The van der Waals surface area contributed by atoms with Gasteiger partial charge in [0.05, 0.1) is 38.6 Å². The van der Waals surface area contributed by atoms with Gasteiger partial charge in [0.15, 0.2) is 0 Å². The highest BCUT2D eigenvalue weighted by atomic mass is 15.1. The summed E-state index contributed by atoms with van der Waals surface area (Å²) in [5, 5.41) is 8.62. The topological polar surface area (TPSA) is 19.7 Å². The summed E-state index contributed by atoms with van der Waals surface area (Å²) in [6, 6.07) is 68.5. The fourth-order valence-electron chi connectivity index (χ4n) is 9.06. The number of aromatic nitrogens is 4. The van der Waals surface area contributed by atoms with Crippen molar-refractivity contribution in [2.75, 3.05) is 0 Å². The Morgan fingerprint density at radius 3 is 1.44 bits per heavy atom. The highest BCUT2D eigenvalue weighted by Crippen LogP contribution is 2.44. The van der Waals surface area contributed by atoms with E-state index in [1.54, 1.807) is 0 Å². The van der Waals surface area contributed by atoms with Crippen LogP contribution in [0, 0.1) is 0 Å². The smallest absolute Gasteiger partial charge is 0.0788 e. The molecule has 8 aromatic carbocycles. The van der Waals surface area contributed by atoms with Crippen LogP contribution in [0.15, 0.2) is 194 Å². The van der Waals surface area contributed by atoms with E-state index < -0.39 is 0 Å². The van der Waals surface area contributed by atoms with Gasteiger partial charge in [-0.2, -0.15) is 0 Å². The van der Waals surface area contributed by atoms with Gasteiger partial charge >= 0.3 is 0 Å². The summed E-state index contributed by atoms with van der Waals surface area (Å²) in [4.78, 5) is 0. The van der Waals surface area contributed by atoms with Gasteiger partial charge in [0.25, 0.3) is 0 Å². The average Bonchev–Trinajstić information content (AvgIpc) is 3.98. The predicted molar refractivity (Wildman–Crippen MR) is 226 cm³/mol. The van der Waals surface area contributed by atoms with Gasteiger partial charge in [0, 0.05) is 66.6 Å². The van der Waals surface area contributed by atoms with Crippen LogP contribution in [0.5, 0.6) is 0 Å². The summed E-state index contributed by atoms with van der Waals surface area (Å²) >= 11 is 0. The minimum atomic E-state index is 1.14. The summed E-state index contributed by atoms with van der Waals surface area (Å²) in [7, 11) is 0. The standard InChI is InChI=1S/C50H32N4/c1-4-14-34(15-5-1)51-29-28-33-30-48-43(32-47(33)51)41-26-25-40-38-20-10-13-23-45(38)53(36-18-8-3-9-19-36)49(40)50(41)54(48)37-24-27-46-42(31-37)39-21-11-12-22-44(39)52(46)35-16-6-2-7-17-35/h1-32H. The maximum absolute atomic E-state index is 2.53. The molecule has 0 unspecified atom stereocenters. The Kier molecular flexibility index (Phi) is 6.02. The van der Waals surface area contributed by atoms with Gasteiger partial charge in [-0.05, 0) is 84.9 Å². The Morgan fingerprint density at radius 1 is 0.259 bits per heavy atom. The Hall–Kier alpha value is -7.30. The number of fused-ring (bicyclic) bond motifs is 11. The molecule has 0 atom stereocenters. The summed E-state index contributed by atoms with van der Waals surface area (Å²) in [5.74, 6) is 0. The van der Waals surface area contributed by atoms with Crippen LogP contribution in [0.2, 0.25) is 0 Å². The molecule has 0 aliphatic carbocycles. The second-order valence-electron chi connectivity index (χ2n) is 14.2. The van der Waals surface area contributed by atoms with Crippen molar-refractivity contribution in [1.29, 1.82) is 0 Å². The quantitative estimate of drug-likeness (QED) is 0.175. The molecule has 12 rings (SSSR count). The Bertz CT molecular complexity index is 3410. The molecule has 4 nitrogen and oxygen atoms in total. The van der Waals surface area contributed by atoms with Crippen molar-refractivity contribution < 1.29 is 0 Å². The van der Waals surface area contributed by atoms with E-state index in [9.17, 15) is 0 Å². The first-order chi connectivity index (χ1) is 26.8. The molecule has 4 heteroatoms. The van der Waals surface area contributed by atoms with E-state index in [2.05, 4.69) is 213 Å². The number of rotatable bonds is 4. The maximum atomic E-state index is 2.53. The van der Waals surface area contributed by atoms with E-state index in [-0.39, 0.29) is 0 Å². The largest absolute Gasteiger partial charge is 0.317 e. The van der Waals surface area contributed by atoms with Crippen molar-refractivity contribution in [3.8, 4) is 22.7 Å². The third-order valence-electron chi connectivity index (χ3n) is 11.3. The molecule has 0 amide bonds. The second-order valence-corrected chi connectivity index (χ2v) is 14.2. The maximum Gasteiger partial charge on any atom is 0.0788 e. The minimum Gasteiger partial charge on any atom is -0.317 e. The zero-order chi connectivity index (χ0) is 35.3. The number of nitrogens with zero attached hydrogens (tertiary/aromatic N) is 4. The summed E-state index contributed by atoms with van der Waals surface area (Å²) < 4.78 is 9.69. The monoisotopic (exact) mass is 688 g/mol. The van der Waals surface area contributed by atoms with Gasteiger partial charge in [-0.1, -0.05) is 103 Å². The van der Waals surface area contributed by atoms with Crippen LogP contribution in [-0.4, -0.2) is 18.3 Å². The molecule has 0 fully saturated rings. The predicted octanol–water partition coefficient (Wildman–Crippen LogP) is 12.9. The molecule has 54 heavy (non-hydrogen) atoms. The van der Waals surface area contributed by atoms with Crippen molar-refractivity contribution in [1.82, 2.24) is 18.3 Å². The molecular formula is C50H32N4. The van der Waals surface area contributed by atoms with E-state index in [0.717, 1.165) is 22.7 Å². The second kappa shape index (κ2) is 11.1. The first kappa shape index (κ1) is 29.3. The van der Waals surface area contributed by atoms with Crippen LogP contribution in [0.4, 0.5) is 0 Å². The number of hydrogen-bond donors (Lipinski definition) is 0. The van der Waals surface area contributed by atoms with Crippen LogP contribution in [0.1, 0.15) is 0 Å². The average molecular weight is 689 g/mol. The molecule has 0 radical (unpaired) electrons. The molecule has 0 spiro atoms. The van der Waals surface area contributed by atoms with Crippen molar-refractivity contribution in [2.24, 2.45) is 0 Å². The van der Waals surface area contributed by atoms with Gasteiger partial charge in [0.2, 0.25) is 0 Å². The fraction of sp³-hybridized carbons (Fsp3) is 0. The molecule has 0 aliphatic heterocycles. The lowest BCUT2D eigenvalue weighted by Crippen LogP contribution is -1.99. The third kappa shape index (κ3) is 4.02. The zero-order valence-electron chi connectivity index (χ0n) is 29.3. The first-order valence-electron chi connectivity index (χ1n) is 18.5. The molecular weight excluding hydrogens is 657 g/mol. The van der Waals surface area contributed by atoms with Gasteiger partial charge < -0.3 is 18.3 Å². The number of hydrogen-bond acceptors (Lipinski definition) is 0. The molecule has 252 valence electrons.